The average molecular weight is 445 g/mol. The molecule has 0 saturated carbocycles. The molecular weight excluding hydrogens is 398 g/mol. The van der Waals surface area contributed by atoms with Gasteiger partial charge in [-0.15, -0.1) is 18.5 Å². The first-order chi connectivity index (χ1) is 13.2. The van der Waals surface area contributed by atoms with Crippen molar-refractivity contribution in [2.24, 2.45) is 21.7 Å². The third-order valence-corrected chi connectivity index (χ3v) is 11.6. The van der Waals surface area contributed by atoms with Crippen LogP contribution in [0.5, 0.6) is 0 Å². The topological polar surface area (TPSA) is 0 Å². The summed E-state index contributed by atoms with van der Waals surface area (Å²) >= 11 is 0. The Morgan fingerprint density at radius 3 is 0.900 bits per heavy atom. The Bertz CT molecular complexity index is 804. The first kappa shape index (κ1) is 25.8. The van der Waals surface area contributed by atoms with Gasteiger partial charge in [-0.05, 0) is 55.7 Å². The molecule has 0 aliphatic carbocycles. The van der Waals surface area contributed by atoms with E-state index in [9.17, 15) is 0 Å². The Balaban J connectivity index is 3.17. The molecule has 0 spiro atoms. The van der Waals surface area contributed by atoms with Crippen molar-refractivity contribution in [2.45, 2.75) is 93.4 Å². The molecule has 0 bridgehead atoms. The van der Waals surface area contributed by atoms with E-state index in [4.69, 9.17) is 0 Å². The van der Waals surface area contributed by atoms with Gasteiger partial charge in [0.1, 0.15) is 0 Å². The first-order valence-electron chi connectivity index (χ1n) is 11.3. The highest BCUT2D eigenvalue weighted by Crippen LogP contribution is 2.65. The third-order valence-electron chi connectivity index (χ3n) is 7.47. The van der Waals surface area contributed by atoms with Gasteiger partial charge >= 0.3 is 0 Å². The van der Waals surface area contributed by atoms with Crippen LogP contribution in [0.15, 0.2) is 36.4 Å². The summed E-state index contributed by atoms with van der Waals surface area (Å²) in [7, 11) is 6.67. The number of fused-ring (bicyclic) bond motifs is 1. The molecule has 0 nitrogen and oxygen atoms in total. The molecule has 2 aromatic carbocycles. The predicted molar refractivity (Wildman–Crippen MR) is 145 cm³/mol. The molecule has 2 atom stereocenters. The van der Waals surface area contributed by atoms with Gasteiger partial charge in [0.15, 0.2) is 0 Å². The fourth-order valence-electron chi connectivity index (χ4n) is 5.76. The minimum absolute atomic E-state index is 0.0640. The molecule has 30 heavy (non-hydrogen) atoms. The zero-order chi connectivity index (χ0) is 23.6. The number of hydrogen-bond acceptors (Lipinski definition) is 0. The van der Waals surface area contributed by atoms with Crippen LogP contribution >= 0.6 is 18.5 Å². The van der Waals surface area contributed by atoms with Crippen molar-refractivity contribution in [3.63, 3.8) is 0 Å². The molecular formula is C28H46P2. The van der Waals surface area contributed by atoms with Crippen LogP contribution < -0.4 is 0 Å². The van der Waals surface area contributed by atoms with E-state index in [1.54, 1.807) is 0 Å². The molecule has 0 aliphatic heterocycles. The van der Waals surface area contributed by atoms with Gasteiger partial charge in [-0.2, -0.15) is 0 Å². The quantitative estimate of drug-likeness (QED) is 0.405. The molecule has 2 rings (SSSR count). The van der Waals surface area contributed by atoms with Crippen molar-refractivity contribution in [1.29, 1.82) is 0 Å². The monoisotopic (exact) mass is 444 g/mol. The summed E-state index contributed by atoms with van der Waals surface area (Å²) in [6.07, 6.45) is 0. The highest BCUT2D eigenvalue weighted by Gasteiger charge is 2.55. The Morgan fingerprint density at radius 2 is 0.700 bits per heavy atom. The van der Waals surface area contributed by atoms with E-state index in [1.807, 2.05) is 0 Å². The van der Waals surface area contributed by atoms with E-state index in [1.165, 1.54) is 21.9 Å². The molecule has 0 radical (unpaired) electrons. The van der Waals surface area contributed by atoms with Gasteiger partial charge in [0.05, 0.1) is 0 Å². The summed E-state index contributed by atoms with van der Waals surface area (Å²) in [6, 6.07) is 13.8. The maximum absolute atomic E-state index is 3.34. The highest BCUT2D eigenvalue weighted by atomic mass is 31.0. The van der Waals surface area contributed by atoms with Crippen LogP contribution in [0.25, 0.3) is 10.8 Å². The van der Waals surface area contributed by atoms with Crippen LogP contribution in [0.2, 0.25) is 0 Å². The fraction of sp³-hybridized carbons (Fsp3) is 0.643. The molecule has 0 aliphatic rings. The van der Waals surface area contributed by atoms with E-state index in [0.29, 0.717) is 0 Å². The van der Waals surface area contributed by atoms with Crippen molar-refractivity contribution in [2.75, 3.05) is 0 Å². The maximum atomic E-state index is 3.34. The van der Waals surface area contributed by atoms with Crippen LogP contribution in [0.4, 0.5) is 0 Å². The molecule has 0 amide bonds. The summed E-state index contributed by atoms with van der Waals surface area (Å²) < 4.78 is 0. The lowest BCUT2D eigenvalue weighted by Crippen LogP contribution is -2.50. The zero-order valence-electron chi connectivity index (χ0n) is 21.6. The van der Waals surface area contributed by atoms with Crippen molar-refractivity contribution in [1.82, 2.24) is 0 Å². The van der Waals surface area contributed by atoms with Gasteiger partial charge in [0.2, 0.25) is 0 Å². The molecule has 0 saturated heterocycles. The molecule has 0 aromatic heterocycles. The lowest BCUT2D eigenvalue weighted by molar-refractivity contribution is 0.118. The van der Waals surface area contributed by atoms with Gasteiger partial charge in [-0.25, -0.2) is 0 Å². The summed E-state index contributed by atoms with van der Waals surface area (Å²) in [6.45, 7) is 28.7. The predicted octanol–water partition coefficient (Wildman–Crippen LogP) is 9.17. The minimum atomic E-state index is -0.0995. The smallest absolute Gasteiger partial charge is 0.0197 e. The molecule has 2 heteroatoms. The van der Waals surface area contributed by atoms with Crippen molar-refractivity contribution in [3.05, 3.63) is 47.5 Å². The Hall–Kier alpha value is -0.440. The fourth-order valence-corrected chi connectivity index (χ4v) is 6.24. The molecule has 168 valence electrons. The van der Waals surface area contributed by atoms with E-state index < -0.39 is 0 Å². The van der Waals surface area contributed by atoms with E-state index in [-0.39, 0.29) is 32.0 Å². The summed E-state index contributed by atoms with van der Waals surface area (Å²) in [5.41, 5.74) is 3.18. The van der Waals surface area contributed by atoms with Crippen molar-refractivity contribution < 1.29 is 0 Å². The van der Waals surface area contributed by atoms with Gasteiger partial charge in [0.25, 0.3) is 0 Å². The summed E-state index contributed by atoms with van der Waals surface area (Å²) in [5, 5.41) is 2.45. The summed E-state index contributed by atoms with van der Waals surface area (Å²) in [4.78, 5) is 0. The van der Waals surface area contributed by atoms with Crippen LogP contribution in [-0.2, 0) is 10.3 Å². The molecule has 0 heterocycles. The normalized spacial score (nSPS) is 15.0. The number of benzene rings is 2. The van der Waals surface area contributed by atoms with Crippen LogP contribution in [0.1, 0.15) is 94.2 Å². The largest absolute Gasteiger partial charge is 0.125 e. The number of rotatable bonds is 2. The third kappa shape index (κ3) is 3.90. The van der Waals surface area contributed by atoms with Gasteiger partial charge in [0, 0.05) is 10.3 Å². The molecule has 0 N–H and O–H groups in total. The highest BCUT2D eigenvalue weighted by molar-refractivity contribution is 7.19. The van der Waals surface area contributed by atoms with Crippen molar-refractivity contribution >= 4 is 29.3 Å². The lowest BCUT2D eigenvalue weighted by Gasteiger charge is -2.57. The Kier molecular flexibility index (Phi) is 6.51. The second-order valence-corrected chi connectivity index (χ2v) is 15.1. The molecule has 2 unspecified atom stereocenters. The zero-order valence-corrected chi connectivity index (χ0v) is 23.9. The van der Waals surface area contributed by atoms with Gasteiger partial charge in [-0.1, -0.05) is 107 Å². The Morgan fingerprint density at radius 1 is 0.467 bits per heavy atom. The second kappa shape index (κ2) is 7.56. The van der Waals surface area contributed by atoms with E-state index >= 15 is 0 Å². The average Bonchev–Trinajstić information content (AvgIpc) is 2.55. The summed E-state index contributed by atoms with van der Waals surface area (Å²) in [5.74, 6) is 0. The number of hydrogen-bond donors (Lipinski definition) is 0. The van der Waals surface area contributed by atoms with Gasteiger partial charge in [-0.3, -0.25) is 0 Å². The second-order valence-electron chi connectivity index (χ2n) is 13.4. The molecule has 0 fully saturated rings. The standard InChI is InChI=1S/C28H46P2/c1-23(2,3)27(29,24(4,5)6)21-17-19-15-13-14-16-20(19)18-22(21)28(30,25(7,8)9)26(10,11)12/h13-18H,29-30H2,1-12H3. The van der Waals surface area contributed by atoms with Crippen LogP contribution in [0, 0.1) is 21.7 Å². The first-order valence-corrected chi connectivity index (χ1v) is 12.5. The van der Waals surface area contributed by atoms with E-state index in [0.717, 1.165) is 0 Å². The Labute approximate surface area is 191 Å². The lowest BCUT2D eigenvalue weighted by atomic mass is 9.56. The van der Waals surface area contributed by atoms with Crippen LogP contribution in [0.3, 0.4) is 0 Å². The van der Waals surface area contributed by atoms with Crippen LogP contribution in [-0.4, -0.2) is 0 Å². The van der Waals surface area contributed by atoms with E-state index in [2.05, 4.69) is 138 Å². The van der Waals surface area contributed by atoms with Gasteiger partial charge < -0.3 is 0 Å². The molecule has 2 aromatic rings. The minimum Gasteiger partial charge on any atom is -0.125 e. The van der Waals surface area contributed by atoms with Crippen molar-refractivity contribution in [3.8, 4) is 0 Å². The SMILES string of the molecule is CC(C)(C)C(P)(c1cc2ccccc2cc1C(P)(C(C)(C)C)C(C)(C)C)C(C)(C)C. The maximum Gasteiger partial charge on any atom is 0.0197 e.